The number of nitrogens with one attached hydrogen (secondary N) is 1. The summed E-state index contributed by atoms with van der Waals surface area (Å²) in [5.74, 6) is 0.719. The molecule has 1 aromatic carbocycles. The van der Waals surface area contributed by atoms with Crippen molar-refractivity contribution in [2.24, 2.45) is 0 Å². The maximum atomic E-state index is 12.3. The Morgan fingerprint density at radius 3 is 2.72 bits per heavy atom. The molecule has 0 aliphatic heterocycles. The molecule has 3 rings (SSSR count). The molecule has 0 bridgehead atoms. The highest BCUT2D eigenvalue weighted by Gasteiger charge is 2.14. The molecule has 0 aliphatic carbocycles. The Bertz CT molecular complexity index is 978. The molecular weight excluding hydrogens is 324 g/mol. The zero-order chi connectivity index (χ0) is 17.8. The molecule has 0 fully saturated rings. The van der Waals surface area contributed by atoms with E-state index in [4.69, 9.17) is 13.9 Å². The fraction of sp³-hybridized carbons (Fsp3) is 0.278. The predicted octanol–water partition coefficient (Wildman–Crippen LogP) is 2.28. The van der Waals surface area contributed by atoms with E-state index in [-0.39, 0.29) is 29.8 Å². The van der Waals surface area contributed by atoms with Crippen LogP contribution in [0.5, 0.6) is 11.8 Å². The third-order valence-electron chi connectivity index (χ3n) is 3.60. The lowest BCUT2D eigenvalue weighted by Gasteiger charge is -2.14. The van der Waals surface area contributed by atoms with Crippen LogP contribution >= 0.6 is 0 Å². The molecule has 7 heteroatoms. The summed E-state index contributed by atoms with van der Waals surface area (Å²) in [7, 11) is 0. The van der Waals surface area contributed by atoms with Crippen molar-refractivity contribution in [2.45, 2.75) is 26.4 Å². The summed E-state index contributed by atoms with van der Waals surface area (Å²) >= 11 is 0. The second kappa shape index (κ2) is 7.21. The van der Waals surface area contributed by atoms with Gasteiger partial charge >= 0.3 is 5.63 Å². The molecule has 1 atom stereocenters. The fourth-order valence-electron chi connectivity index (χ4n) is 2.42. The zero-order valence-corrected chi connectivity index (χ0v) is 13.9. The van der Waals surface area contributed by atoms with Crippen LogP contribution in [0.4, 0.5) is 0 Å². The van der Waals surface area contributed by atoms with Crippen molar-refractivity contribution in [1.82, 2.24) is 9.97 Å². The Labute approximate surface area is 143 Å². The van der Waals surface area contributed by atoms with Crippen LogP contribution in [0.25, 0.3) is 11.1 Å². The average Bonchev–Trinajstić information content (AvgIpc) is 2.59. The van der Waals surface area contributed by atoms with Gasteiger partial charge in [0.05, 0.1) is 0 Å². The van der Waals surface area contributed by atoms with Crippen LogP contribution in [0.15, 0.2) is 50.4 Å². The minimum absolute atomic E-state index is 0.0157. The molecule has 3 aromatic rings. The first-order valence-corrected chi connectivity index (χ1v) is 7.98. The Morgan fingerprint density at radius 2 is 2.00 bits per heavy atom. The van der Waals surface area contributed by atoms with Crippen molar-refractivity contribution in [3.63, 3.8) is 0 Å². The number of nitrogens with zero attached hydrogens (tertiary/aromatic N) is 1. The summed E-state index contributed by atoms with van der Waals surface area (Å²) in [4.78, 5) is 30.5. The molecule has 7 nitrogen and oxygen atoms in total. The fourth-order valence-corrected chi connectivity index (χ4v) is 2.42. The van der Waals surface area contributed by atoms with Crippen molar-refractivity contribution in [3.05, 3.63) is 62.7 Å². The van der Waals surface area contributed by atoms with Gasteiger partial charge in [-0.15, -0.1) is 0 Å². The van der Waals surface area contributed by atoms with Gasteiger partial charge in [0.1, 0.15) is 23.8 Å². The van der Waals surface area contributed by atoms with Crippen molar-refractivity contribution in [2.75, 3.05) is 6.61 Å². The monoisotopic (exact) mass is 342 g/mol. The summed E-state index contributed by atoms with van der Waals surface area (Å²) in [6.07, 6.45) is 0.149. The van der Waals surface area contributed by atoms with Crippen LogP contribution < -0.4 is 20.7 Å². The summed E-state index contributed by atoms with van der Waals surface area (Å²) < 4.78 is 16.2. The second-order valence-corrected chi connectivity index (χ2v) is 5.55. The summed E-state index contributed by atoms with van der Waals surface area (Å²) in [5.41, 5.74) is -0.392. The van der Waals surface area contributed by atoms with E-state index in [1.807, 2.05) is 37.3 Å². The van der Waals surface area contributed by atoms with E-state index < -0.39 is 11.2 Å². The molecule has 0 saturated carbocycles. The standard InChI is InChI=1S/C18H18N2O5/c1-3-12-9-14(21)25-17-15(12)16(22)19-18(20-17)24-11(2)10-23-13-7-5-4-6-8-13/h4-9,11H,3,10H2,1-2H3,(H,19,20,22). The van der Waals surface area contributed by atoms with Crippen molar-refractivity contribution >= 4 is 11.1 Å². The molecule has 0 saturated heterocycles. The molecule has 0 radical (unpaired) electrons. The largest absolute Gasteiger partial charge is 0.490 e. The molecule has 25 heavy (non-hydrogen) atoms. The second-order valence-electron chi connectivity index (χ2n) is 5.55. The van der Waals surface area contributed by atoms with Gasteiger partial charge in [-0.25, -0.2) is 4.79 Å². The molecule has 0 spiro atoms. The van der Waals surface area contributed by atoms with Crippen molar-refractivity contribution in [3.8, 4) is 11.8 Å². The van der Waals surface area contributed by atoms with E-state index in [1.54, 1.807) is 6.92 Å². The third kappa shape index (κ3) is 3.88. The van der Waals surface area contributed by atoms with Gasteiger partial charge in [-0.3, -0.25) is 9.78 Å². The van der Waals surface area contributed by atoms with Gasteiger partial charge in [0.25, 0.3) is 11.6 Å². The molecule has 1 N–H and O–H groups in total. The number of rotatable bonds is 6. The van der Waals surface area contributed by atoms with Crippen LogP contribution in [0.1, 0.15) is 19.4 Å². The van der Waals surface area contributed by atoms with Gasteiger partial charge in [0.15, 0.2) is 0 Å². The van der Waals surface area contributed by atoms with Gasteiger partial charge in [-0.1, -0.05) is 25.1 Å². The number of H-pyrrole nitrogens is 1. The first-order valence-electron chi connectivity index (χ1n) is 7.98. The number of hydrogen-bond acceptors (Lipinski definition) is 6. The topological polar surface area (TPSA) is 94.4 Å². The van der Waals surface area contributed by atoms with Gasteiger partial charge in [0.2, 0.25) is 5.71 Å². The quantitative estimate of drug-likeness (QED) is 0.738. The van der Waals surface area contributed by atoms with E-state index in [1.165, 1.54) is 6.07 Å². The van der Waals surface area contributed by atoms with Crippen molar-refractivity contribution in [1.29, 1.82) is 0 Å². The molecule has 130 valence electrons. The first-order chi connectivity index (χ1) is 12.1. The third-order valence-corrected chi connectivity index (χ3v) is 3.60. The minimum Gasteiger partial charge on any atom is -0.490 e. The smallest absolute Gasteiger partial charge is 0.337 e. The normalized spacial score (nSPS) is 12.1. The number of aryl methyl sites for hydroxylation is 1. The minimum atomic E-state index is -0.547. The number of benzene rings is 1. The van der Waals surface area contributed by atoms with Crippen LogP contribution in [0.2, 0.25) is 0 Å². The molecular formula is C18H18N2O5. The lowest BCUT2D eigenvalue weighted by Crippen LogP contribution is -2.24. The van der Waals surface area contributed by atoms with Gasteiger partial charge in [-0.2, -0.15) is 4.98 Å². The number of aromatic amines is 1. The van der Waals surface area contributed by atoms with Crippen molar-refractivity contribution < 1.29 is 13.9 Å². The molecule has 2 heterocycles. The SMILES string of the molecule is CCc1cc(=O)oc2nc(OC(C)COc3ccccc3)[nH]c(=O)c12. The highest BCUT2D eigenvalue weighted by atomic mass is 16.5. The summed E-state index contributed by atoms with van der Waals surface area (Å²) in [6, 6.07) is 10.6. The average molecular weight is 342 g/mol. The maximum Gasteiger partial charge on any atom is 0.337 e. The molecule has 2 aromatic heterocycles. The number of hydrogen-bond donors (Lipinski definition) is 1. The molecule has 0 amide bonds. The van der Waals surface area contributed by atoms with Crippen LogP contribution in [-0.4, -0.2) is 22.7 Å². The Morgan fingerprint density at radius 1 is 1.24 bits per heavy atom. The lowest BCUT2D eigenvalue weighted by atomic mass is 10.1. The summed E-state index contributed by atoms with van der Waals surface area (Å²) in [5, 5.41) is 0.266. The highest BCUT2D eigenvalue weighted by Crippen LogP contribution is 2.14. The Hall–Kier alpha value is -3.09. The van der Waals surface area contributed by atoms with Crippen LogP contribution in [0.3, 0.4) is 0 Å². The number of fused-ring (bicyclic) bond motifs is 1. The predicted molar refractivity (Wildman–Crippen MR) is 92.3 cm³/mol. The maximum absolute atomic E-state index is 12.3. The van der Waals surface area contributed by atoms with E-state index in [2.05, 4.69) is 9.97 Å². The zero-order valence-electron chi connectivity index (χ0n) is 13.9. The number of aromatic nitrogens is 2. The lowest BCUT2D eigenvalue weighted by molar-refractivity contribution is 0.132. The first kappa shape index (κ1) is 16.8. The summed E-state index contributed by atoms with van der Waals surface area (Å²) in [6.45, 7) is 3.90. The highest BCUT2D eigenvalue weighted by molar-refractivity contribution is 5.75. The van der Waals surface area contributed by atoms with E-state index in [0.29, 0.717) is 12.0 Å². The number of ether oxygens (including phenoxy) is 2. The Balaban J connectivity index is 1.79. The van der Waals surface area contributed by atoms with E-state index in [9.17, 15) is 9.59 Å². The van der Waals surface area contributed by atoms with Crippen LogP contribution in [-0.2, 0) is 6.42 Å². The van der Waals surface area contributed by atoms with Gasteiger partial charge < -0.3 is 13.9 Å². The van der Waals surface area contributed by atoms with Crippen LogP contribution in [0, 0.1) is 0 Å². The van der Waals surface area contributed by atoms with Gasteiger partial charge in [-0.05, 0) is 31.0 Å². The van der Waals surface area contributed by atoms with E-state index >= 15 is 0 Å². The number of para-hydroxylation sites is 1. The molecule has 0 aliphatic rings. The van der Waals surface area contributed by atoms with Gasteiger partial charge in [0, 0.05) is 6.07 Å². The Kier molecular flexibility index (Phi) is 4.83. The molecule has 1 unspecified atom stereocenters. The van der Waals surface area contributed by atoms with E-state index in [0.717, 1.165) is 5.75 Å².